The van der Waals surface area contributed by atoms with Gasteiger partial charge >= 0.3 is 0 Å². The summed E-state index contributed by atoms with van der Waals surface area (Å²) in [5.74, 6) is 1.13. The minimum Gasteiger partial charge on any atom is -0.482 e. The Kier molecular flexibility index (Phi) is 6.66. The second kappa shape index (κ2) is 9.17. The van der Waals surface area contributed by atoms with Gasteiger partial charge < -0.3 is 19.7 Å². The van der Waals surface area contributed by atoms with Gasteiger partial charge in [0, 0.05) is 25.2 Å². The highest BCUT2D eigenvalue weighted by Gasteiger charge is 2.30. The number of hydrogen-bond donors (Lipinski definition) is 1. The standard InChI is InChI=1S/C20H29N3O4/c1-3-17-18(7-4-14(2)22-17)27-13-20(25)23-8-9-26-12-16(23)10-19(24)21-11-15-5-6-15/h4,7,15-16H,3,5-6,8-13H2,1-2H3,(H,21,24). The summed E-state index contributed by atoms with van der Waals surface area (Å²) in [5.41, 5.74) is 1.77. The van der Waals surface area contributed by atoms with Crippen LogP contribution in [0, 0.1) is 12.8 Å². The molecule has 148 valence electrons. The summed E-state index contributed by atoms with van der Waals surface area (Å²) in [6, 6.07) is 3.49. The van der Waals surface area contributed by atoms with Crippen LogP contribution in [0.3, 0.4) is 0 Å². The second-order valence-electron chi connectivity index (χ2n) is 7.31. The van der Waals surface area contributed by atoms with Crippen LogP contribution in [-0.2, 0) is 20.7 Å². The number of ether oxygens (including phenoxy) is 2. The van der Waals surface area contributed by atoms with E-state index in [9.17, 15) is 9.59 Å². The molecule has 1 aromatic rings. The number of carbonyl (C=O) groups is 2. The molecule has 0 bridgehead atoms. The summed E-state index contributed by atoms with van der Waals surface area (Å²) in [7, 11) is 0. The third-order valence-corrected chi connectivity index (χ3v) is 5.01. The lowest BCUT2D eigenvalue weighted by atomic mass is 10.1. The van der Waals surface area contributed by atoms with E-state index in [2.05, 4.69) is 10.3 Å². The lowest BCUT2D eigenvalue weighted by Gasteiger charge is -2.35. The van der Waals surface area contributed by atoms with Crippen molar-refractivity contribution in [3.05, 3.63) is 23.5 Å². The molecule has 3 rings (SSSR count). The molecular formula is C20H29N3O4. The first-order valence-electron chi connectivity index (χ1n) is 9.80. The maximum atomic E-state index is 12.7. The molecule has 0 radical (unpaired) electrons. The summed E-state index contributed by atoms with van der Waals surface area (Å²) in [4.78, 5) is 31.0. The Balaban J connectivity index is 1.53. The number of hydrogen-bond acceptors (Lipinski definition) is 5. The lowest BCUT2D eigenvalue weighted by Crippen LogP contribution is -2.52. The number of carbonyl (C=O) groups excluding carboxylic acids is 2. The van der Waals surface area contributed by atoms with Crippen LogP contribution in [0.2, 0.25) is 0 Å². The number of nitrogens with one attached hydrogen (secondary N) is 1. The number of aryl methyl sites for hydroxylation is 2. The van der Waals surface area contributed by atoms with Crippen molar-refractivity contribution in [1.82, 2.24) is 15.2 Å². The Bertz CT molecular complexity index is 675. The topological polar surface area (TPSA) is 80.8 Å². The monoisotopic (exact) mass is 375 g/mol. The van der Waals surface area contributed by atoms with Gasteiger partial charge in [-0.1, -0.05) is 6.92 Å². The second-order valence-corrected chi connectivity index (χ2v) is 7.31. The van der Waals surface area contributed by atoms with Crippen molar-refractivity contribution in [3.8, 4) is 5.75 Å². The molecule has 1 saturated carbocycles. The van der Waals surface area contributed by atoms with Crippen molar-refractivity contribution in [3.63, 3.8) is 0 Å². The van der Waals surface area contributed by atoms with Crippen molar-refractivity contribution in [2.75, 3.05) is 32.9 Å². The van der Waals surface area contributed by atoms with Crippen LogP contribution in [0.25, 0.3) is 0 Å². The zero-order valence-corrected chi connectivity index (χ0v) is 16.2. The minimum atomic E-state index is -0.240. The van der Waals surface area contributed by atoms with Gasteiger partial charge in [-0.05, 0) is 44.2 Å². The van der Waals surface area contributed by atoms with Gasteiger partial charge in [0.25, 0.3) is 5.91 Å². The quantitative estimate of drug-likeness (QED) is 0.744. The maximum absolute atomic E-state index is 12.7. The number of pyridine rings is 1. The Hall–Kier alpha value is -2.15. The van der Waals surface area contributed by atoms with E-state index >= 15 is 0 Å². The molecule has 1 aliphatic carbocycles. The van der Waals surface area contributed by atoms with Crippen LogP contribution in [0.5, 0.6) is 5.75 Å². The predicted molar refractivity (Wildman–Crippen MR) is 101 cm³/mol. The van der Waals surface area contributed by atoms with Crippen molar-refractivity contribution in [1.29, 1.82) is 0 Å². The van der Waals surface area contributed by atoms with Crippen LogP contribution >= 0.6 is 0 Å². The van der Waals surface area contributed by atoms with E-state index in [0.717, 1.165) is 24.4 Å². The first-order chi connectivity index (χ1) is 13.1. The molecule has 1 unspecified atom stereocenters. The van der Waals surface area contributed by atoms with E-state index in [4.69, 9.17) is 9.47 Å². The van der Waals surface area contributed by atoms with Crippen LogP contribution in [0.15, 0.2) is 12.1 Å². The van der Waals surface area contributed by atoms with Gasteiger partial charge in [-0.3, -0.25) is 14.6 Å². The highest BCUT2D eigenvalue weighted by molar-refractivity contribution is 5.81. The molecule has 2 aliphatic rings. The van der Waals surface area contributed by atoms with E-state index < -0.39 is 0 Å². The average molecular weight is 375 g/mol. The number of nitrogens with zero attached hydrogens (tertiary/aromatic N) is 2. The molecule has 2 amide bonds. The van der Waals surface area contributed by atoms with Gasteiger partial charge in [0.2, 0.25) is 5.91 Å². The molecule has 0 spiro atoms. The number of rotatable bonds is 8. The Labute approximate surface area is 160 Å². The average Bonchev–Trinajstić information content (AvgIpc) is 3.50. The fourth-order valence-corrected chi connectivity index (χ4v) is 3.22. The third-order valence-electron chi connectivity index (χ3n) is 5.01. The normalized spacial score (nSPS) is 19.6. The molecule has 1 saturated heterocycles. The van der Waals surface area contributed by atoms with E-state index in [1.807, 2.05) is 26.0 Å². The largest absolute Gasteiger partial charge is 0.482 e. The van der Waals surface area contributed by atoms with E-state index in [1.165, 1.54) is 12.8 Å². The number of amides is 2. The van der Waals surface area contributed by atoms with Crippen molar-refractivity contribution in [2.45, 2.75) is 45.6 Å². The molecule has 2 heterocycles. The highest BCUT2D eigenvalue weighted by Crippen LogP contribution is 2.27. The third kappa shape index (κ3) is 5.66. The van der Waals surface area contributed by atoms with E-state index in [0.29, 0.717) is 31.4 Å². The molecule has 1 aliphatic heterocycles. The van der Waals surface area contributed by atoms with Gasteiger partial charge in [-0.2, -0.15) is 0 Å². The molecule has 1 N–H and O–H groups in total. The van der Waals surface area contributed by atoms with Gasteiger partial charge in [0.05, 0.1) is 24.9 Å². The molecular weight excluding hydrogens is 346 g/mol. The van der Waals surface area contributed by atoms with Crippen molar-refractivity contribution >= 4 is 11.8 Å². The summed E-state index contributed by atoms with van der Waals surface area (Å²) in [5, 5.41) is 2.96. The van der Waals surface area contributed by atoms with Gasteiger partial charge in [-0.15, -0.1) is 0 Å². The summed E-state index contributed by atoms with van der Waals surface area (Å²) >= 11 is 0. The lowest BCUT2D eigenvalue weighted by molar-refractivity contribution is -0.143. The van der Waals surface area contributed by atoms with E-state index in [1.54, 1.807) is 4.90 Å². The molecule has 0 aromatic carbocycles. The number of aromatic nitrogens is 1. The van der Waals surface area contributed by atoms with Gasteiger partial charge in [0.15, 0.2) is 6.61 Å². The van der Waals surface area contributed by atoms with Crippen LogP contribution in [0.4, 0.5) is 0 Å². The fraction of sp³-hybridized carbons (Fsp3) is 0.650. The maximum Gasteiger partial charge on any atom is 0.260 e. The Morgan fingerprint density at radius 3 is 2.93 bits per heavy atom. The summed E-state index contributed by atoms with van der Waals surface area (Å²) < 4.78 is 11.2. The first kappa shape index (κ1) is 19.6. The van der Waals surface area contributed by atoms with Crippen LogP contribution < -0.4 is 10.1 Å². The van der Waals surface area contributed by atoms with Crippen molar-refractivity contribution < 1.29 is 19.1 Å². The van der Waals surface area contributed by atoms with Crippen LogP contribution in [-0.4, -0.2) is 60.7 Å². The molecule has 7 nitrogen and oxygen atoms in total. The summed E-state index contributed by atoms with van der Waals surface area (Å²) in [6.07, 6.45) is 3.40. The highest BCUT2D eigenvalue weighted by atomic mass is 16.5. The SMILES string of the molecule is CCc1nc(C)ccc1OCC(=O)N1CCOCC1CC(=O)NCC1CC1. The van der Waals surface area contributed by atoms with Crippen LogP contribution in [0.1, 0.15) is 37.6 Å². The first-order valence-corrected chi connectivity index (χ1v) is 9.80. The van der Waals surface area contributed by atoms with Gasteiger partial charge in [0.1, 0.15) is 5.75 Å². The Morgan fingerprint density at radius 1 is 1.37 bits per heavy atom. The van der Waals surface area contributed by atoms with E-state index in [-0.39, 0.29) is 30.9 Å². The molecule has 2 fully saturated rings. The molecule has 1 atom stereocenters. The Morgan fingerprint density at radius 2 is 2.19 bits per heavy atom. The zero-order valence-electron chi connectivity index (χ0n) is 16.2. The molecule has 7 heteroatoms. The minimum absolute atomic E-state index is 0.0212. The van der Waals surface area contributed by atoms with Crippen molar-refractivity contribution in [2.24, 2.45) is 5.92 Å². The fourth-order valence-electron chi connectivity index (χ4n) is 3.22. The zero-order chi connectivity index (χ0) is 19.2. The van der Waals surface area contributed by atoms with Gasteiger partial charge in [-0.25, -0.2) is 0 Å². The molecule has 1 aromatic heterocycles. The molecule has 27 heavy (non-hydrogen) atoms. The predicted octanol–water partition coefficient (Wildman–Crippen LogP) is 1.47. The summed E-state index contributed by atoms with van der Waals surface area (Å²) in [6.45, 7) is 5.97. The number of morpholine rings is 1. The smallest absolute Gasteiger partial charge is 0.260 e.